The number of rotatable bonds is 4. The van der Waals surface area contributed by atoms with Crippen LogP contribution >= 0.6 is 11.6 Å². The third-order valence-electron chi connectivity index (χ3n) is 2.73. The van der Waals surface area contributed by atoms with Gasteiger partial charge in [0.25, 0.3) is 0 Å². The zero-order valence-electron chi connectivity index (χ0n) is 11.4. The minimum Gasteiger partial charge on any atom is -0.492 e. The number of halogens is 1. The van der Waals surface area contributed by atoms with Crippen molar-refractivity contribution in [2.24, 2.45) is 0 Å². The lowest BCUT2D eigenvalue weighted by molar-refractivity contribution is 0.317. The third-order valence-corrected chi connectivity index (χ3v) is 3.03. The molecule has 1 aromatic carbocycles. The number of ether oxygens (including phenoxy) is 1. The number of nitrogen functional groups attached to an aromatic ring is 2. The van der Waals surface area contributed by atoms with Gasteiger partial charge >= 0.3 is 0 Å². The molecule has 2 rings (SSSR count). The molecule has 2 aromatic rings. The molecule has 1 heterocycles. The molecule has 0 unspecified atom stereocenters. The number of nitrogens with two attached hydrogens (primary N) is 2. The van der Waals surface area contributed by atoms with E-state index in [-0.39, 0.29) is 17.3 Å². The predicted octanol–water partition coefficient (Wildman–Crippen LogP) is 2.62. The molecule has 1 aromatic heterocycles. The Labute approximate surface area is 127 Å². The van der Waals surface area contributed by atoms with Crippen molar-refractivity contribution in [1.29, 1.82) is 5.26 Å². The van der Waals surface area contributed by atoms with Crippen molar-refractivity contribution in [2.45, 2.75) is 13.3 Å². The van der Waals surface area contributed by atoms with Gasteiger partial charge in [0.15, 0.2) is 0 Å². The molecule has 0 saturated heterocycles. The number of benzene rings is 1. The van der Waals surface area contributed by atoms with Crippen LogP contribution in [0.25, 0.3) is 11.3 Å². The molecule has 0 amide bonds. The summed E-state index contributed by atoms with van der Waals surface area (Å²) in [6.45, 7) is 2.59. The molecule has 108 valence electrons. The minimum absolute atomic E-state index is 0.00364. The highest BCUT2D eigenvalue weighted by molar-refractivity contribution is 6.32. The van der Waals surface area contributed by atoms with Crippen molar-refractivity contribution in [2.75, 3.05) is 18.1 Å². The quantitative estimate of drug-likeness (QED) is 0.898. The van der Waals surface area contributed by atoms with Crippen molar-refractivity contribution in [3.05, 3.63) is 28.8 Å². The average Bonchev–Trinajstić information content (AvgIpc) is 2.45. The highest BCUT2D eigenvalue weighted by Gasteiger charge is 2.14. The topological polar surface area (TPSA) is 111 Å². The summed E-state index contributed by atoms with van der Waals surface area (Å²) in [5, 5.41) is 9.61. The van der Waals surface area contributed by atoms with E-state index in [9.17, 15) is 5.26 Å². The Kier molecular flexibility index (Phi) is 4.45. The summed E-state index contributed by atoms with van der Waals surface area (Å²) in [5.74, 6) is 0.627. The molecular weight excluding hydrogens is 290 g/mol. The van der Waals surface area contributed by atoms with E-state index >= 15 is 0 Å². The SMILES string of the molecule is CCCOc1ccc(-c2nc(N)nc(N)c2C#N)cc1Cl. The predicted molar refractivity (Wildman–Crippen MR) is 81.8 cm³/mol. The van der Waals surface area contributed by atoms with Gasteiger partial charge in [-0.25, -0.2) is 4.98 Å². The van der Waals surface area contributed by atoms with Crippen LogP contribution in [-0.2, 0) is 0 Å². The van der Waals surface area contributed by atoms with E-state index in [1.807, 2.05) is 13.0 Å². The summed E-state index contributed by atoms with van der Waals surface area (Å²) in [6.07, 6.45) is 0.885. The Morgan fingerprint density at radius 1 is 1.33 bits per heavy atom. The van der Waals surface area contributed by atoms with E-state index in [0.29, 0.717) is 28.6 Å². The lowest BCUT2D eigenvalue weighted by Gasteiger charge is -2.10. The zero-order valence-corrected chi connectivity index (χ0v) is 12.2. The van der Waals surface area contributed by atoms with Gasteiger partial charge in [0.05, 0.1) is 17.3 Å². The standard InChI is InChI=1S/C14H14ClN5O/c1-2-5-21-11-4-3-8(6-10(11)15)12-9(7-16)13(17)20-14(18)19-12/h3-4,6H,2,5H2,1H3,(H4,17,18,19,20). The van der Waals surface area contributed by atoms with Gasteiger partial charge in [-0.1, -0.05) is 18.5 Å². The fourth-order valence-electron chi connectivity index (χ4n) is 1.79. The van der Waals surface area contributed by atoms with Gasteiger partial charge in [-0.15, -0.1) is 0 Å². The van der Waals surface area contributed by atoms with Crippen molar-refractivity contribution in [3.63, 3.8) is 0 Å². The van der Waals surface area contributed by atoms with Crippen molar-refractivity contribution >= 4 is 23.4 Å². The number of hydrogen-bond acceptors (Lipinski definition) is 6. The molecule has 0 radical (unpaired) electrons. The molecular formula is C14H14ClN5O. The molecule has 0 fully saturated rings. The van der Waals surface area contributed by atoms with Crippen molar-refractivity contribution in [1.82, 2.24) is 9.97 Å². The second-order valence-corrected chi connectivity index (χ2v) is 4.70. The first kappa shape index (κ1) is 14.9. The molecule has 4 N–H and O–H groups in total. The summed E-state index contributed by atoms with van der Waals surface area (Å²) < 4.78 is 5.50. The maximum atomic E-state index is 9.18. The maximum absolute atomic E-state index is 9.18. The normalized spacial score (nSPS) is 10.1. The van der Waals surface area contributed by atoms with Crippen molar-refractivity contribution < 1.29 is 4.74 Å². The maximum Gasteiger partial charge on any atom is 0.222 e. The van der Waals surface area contributed by atoms with Gasteiger partial charge in [0.1, 0.15) is 23.2 Å². The van der Waals surface area contributed by atoms with Gasteiger partial charge in [0.2, 0.25) is 5.95 Å². The smallest absolute Gasteiger partial charge is 0.222 e. The van der Waals surface area contributed by atoms with E-state index in [1.165, 1.54) is 0 Å². The molecule has 0 bridgehead atoms. The van der Waals surface area contributed by atoms with Gasteiger partial charge < -0.3 is 16.2 Å². The molecule has 7 heteroatoms. The zero-order chi connectivity index (χ0) is 15.4. The summed E-state index contributed by atoms with van der Waals surface area (Å²) in [6, 6.07) is 7.11. The van der Waals surface area contributed by atoms with Gasteiger partial charge in [-0.2, -0.15) is 10.2 Å². The van der Waals surface area contributed by atoms with Crippen LogP contribution in [0.15, 0.2) is 18.2 Å². The number of hydrogen-bond donors (Lipinski definition) is 2. The van der Waals surface area contributed by atoms with E-state index in [1.54, 1.807) is 18.2 Å². The summed E-state index contributed by atoms with van der Waals surface area (Å²) >= 11 is 6.18. The van der Waals surface area contributed by atoms with Crippen LogP contribution in [0.1, 0.15) is 18.9 Å². The molecule has 0 atom stereocenters. The number of anilines is 2. The van der Waals surface area contributed by atoms with Crippen LogP contribution in [0.5, 0.6) is 5.75 Å². The third kappa shape index (κ3) is 3.15. The Balaban J connectivity index is 2.48. The molecule has 0 aliphatic carbocycles. The first-order chi connectivity index (χ1) is 10.1. The molecule has 0 aliphatic heterocycles. The Morgan fingerprint density at radius 3 is 2.71 bits per heavy atom. The summed E-state index contributed by atoms with van der Waals surface area (Å²) in [7, 11) is 0. The second-order valence-electron chi connectivity index (χ2n) is 4.30. The van der Waals surface area contributed by atoms with Crippen molar-refractivity contribution in [3.8, 4) is 23.1 Å². The lowest BCUT2D eigenvalue weighted by atomic mass is 10.1. The summed E-state index contributed by atoms with van der Waals surface area (Å²) in [4.78, 5) is 7.85. The first-order valence-corrected chi connectivity index (χ1v) is 6.70. The largest absolute Gasteiger partial charge is 0.492 e. The van der Waals surface area contributed by atoms with Crippen LogP contribution in [0.4, 0.5) is 11.8 Å². The Morgan fingerprint density at radius 2 is 2.10 bits per heavy atom. The molecule has 6 nitrogen and oxygen atoms in total. The number of nitriles is 1. The monoisotopic (exact) mass is 303 g/mol. The first-order valence-electron chi connectivity index (χ1n) is 6.32. The fraction of sp³-hybridized carbons (Fsp3) is 0.214. The average molecular weight is 304 g/mol. The van der Waals surface area contributed by atoms with Crippen LogP contribution in [-0.4, -0.2) is 16.6 Å². The molecule has 0 aliphatic rings. The lowest BCUT2D eigenvalue weighted by Crippen LogP contribution is -2.05. The molecule has 0 saturated carbocycles. The summed E-state index contributed by atoms with van der Waals surface area (Å²) in [5.41, 5.74) is 12.4. The molecule has 21 heavy (non-hydrogen) atoms. The van der Waals surface area contributed by atoms with Gasteiger partial charge in [-0.05, 0) is 24.6 Å². The number of nitrogens with zero attached hydrogens (tertiary/aromatic N) is 3. The number of aromatic nitrogens is 2. The highest BCUT2D eigenvalue weighted by atomic mass is 35.5. The van der Waals surface area contributed by atoms with Gasteiger partial charge in [0, 0.05) is 5.56 Å². The Hall–Kier alpha value is -2.52. The van der Waals surface area contributed by atoms with E-state index < -0.39 is 0 Å². The van der Waals surface area contributed by atoms with Crippen LogP contribution in [0.2, 0.25) is 5.02 Å². The van der Waals surface area contributed by atoms with Crippen LogP contribution in [0, 0.1) is 11.3 Å². The van der Waals surface area contributed by atoms with E-state index in [2.05, 4.69) is 9.97 Å². The van der Waals surface area contributed by atoms with Crippen LogP contribution in [0.3, 0.4) is 0 Å². The second kappa shape index (κ2) is 6.29. The fourth-order valence-corrected chi connectivity index (χ4v) is 2.03. The Bertz CT molecular complexity index is 711. The molecule has 0 spiro atoms. The van der Waals surface area contributed by atoms with Crippen LogP contribution < -0.4 is 16.2 Å². The van der Waals surface area contributed by atoms with E-state index in [4.69, 9.17) is 27.8 Å². The minimum atomic E-state index is 0.00364. The highest BCUT2D eigenvalue weighted by Crippen LogP contribution is 2.32. The van der Waals surface area contributed by atoms with E-state index in [0.717, 1.165) is 6.42 Å². The van der Waals surface area contributed by atoms with Gasteiger partial charge in [-0.3, -0.25) is 0 Å².